The standard InChI is InChI=1S/C16H14BrNO6S/c17-11-1-4-13(5-2-11)25(21,22)18(10-16(19)20)12-3-6-14-15(9-12)24-8-7-23-14/h1-6,9H,7-8,10H2,(H,19,20). The van der Waals surface area contributed by atoms with Gasteiger partial charge in [0.1, 0.15) is 19.8 Å². The predicted octanol–water partition coefficient (Wildman–Crippen LogP) is 2.50. The fourth-order valence-corrected chi connectivity index (χ4v) is 4.03. The number of anilines is 1. The van der Waals surface area contributed by atoms with Crippen molar-refractivity contribution < 1.29 is 27.8 Å². The number of nitrogens with zero attached hydrogens (tertiary/aromatic N) is 1. The number of fused-ring (bicyclic) bond motifs is 1. The summed E-state index contributed by atoms with van der Waals surface area (Å²) in [6.45, 7) is 0.0370. The molecule has 1 heterocycles. The van der Waals surface area contributed by atoms with Gasteiger partial charge >= 0.3 is 5.97 Å². The molecule has 0 aliphatic carbocycles. The molecule has 0 unspecified atom stereocenters. The van der Waals surface area contributed by atoms with Crippen molar-refractivity contribution in [3.63, 3.8) is 0 Å². The first-order valence-electron chi connectivity index (χ1n) is 7.28. The van der Waals surface area contributed by atoms with Gasteiger partial charge in [-0.15, -0.1) is 0 Å². The molecule has 0 saturated heterocycles. The number of hydrogen-bond acceptors (Lipinski definition) is 5. The maximum Gasteiger partial charge on any atom is 0.324 e. The van der Waals surface area contributed by atoms with Crippen LogP contribution in [0.5, 0.6) is 11.5 Å². The van der Waals surface area contributed by atoms with Crippen molar-refractivity contribution in [2.75, 3.05) is 24.1 Å². The number of carbonyl (C=O) groups is 1. The third-order valence-corrected chi connectivity index (χ3v) is 5.81. The van der Waals surface area contributed by atoms with Crippen LogP contribution in [-0.2, 0) is 14.8 Å². The van der Waals surface area contributed by atoms with Crippen LogP contribution in [0.2, 0.25) is 0 Å². The topological polar surface area (TPSA) is 93.1 Å². The van der Waals surface area contributed by atoms with E-state index in [1.165, 1.54) is 24.3 Å². The molecule has 9 heteroatoms. The normalized spacial score (nSPS) is 13.3. The van der Waals surface area contributed by atoms with Gasteiger partial charge in [0.05, 0.1) is 10.6 Å². The van der Waals surface area contributed by atoms with Gasteiger partial charge in [0.15, 0.2) is 11.5 Å². The molecule has 0 amide bonds. The van der Waals surface area contributed by atoms with Crippen LogP contribution in [0.15, 0.2) is 51.8 Å². The summed E-state index contributed by atoms with van der Waals surface area (Å²) in [6, 6.07) is 10.5. The van der Waals surface area contributed by atoms with E-state index in [0.29, 0.717) is 24.7 Å². The van der Waals surface area contributed by atoms with Crippen molar-refractivity contribution in [1.82, 2.24) is 0 Å². The average molecular weight is 428 g/mol. The van der Waals surface area contributed by atoms with E-state index in [0.717, 1.165) is 8.78 Å². The Morgan fingerprint density at radius 3 is 2.36 bits per heavy atom. The van der Waals surface area contributed by atoms with E-state index in [9.17, 15) is 13.2 Å². The molecule has 1 aliphatic heterocycles. The summed E-state index contributed by atoms with van der Waals surface area (Å²) in [6.07, 6.45) is 0. The fraction of sp³-hybridized carbons (Fsp3) is 0.188. The second-order valence-electron chi connectivity index (χ2n) is 5.19. The van der Waals surface area contributed by atoms with Crippen LogP contribution in [0, 0.1) is 0 Å². The molecule has 0 aromatic heterocycles. The Balaban J connectivity index is 2.05. The lowest BCUT2D eigenvalue weighted by Gasteiger charge is -2.25. The number of ether oxygens (including phenoxy) is 2. The van der Waals surface area contributed by atoms with Gasteiger partial charge in [-0.1, -0.05) is 15.9 Å². The van der Waals surface area contributed by atoms with Crippen LogP contribution in [0.4, 0.5) is 5.69 Å². The first-order chi connectivity index (χ1) is 11.9. The monoisotopic (exact) mass is 427 g/mol. The number of benzene rings is 2. The summed E-state index contributed by atoms with van der Waals surface area (Å²) in [4.78, 5) is 11.2. The number of carboxylic acid groups (broad SMARTS) is 1. The van der Waals surface area contributed by atoms with E-state index in [2.05, 4.69) is 15.9 Å². The molecule has 0 saturated carbocycles. The molecule has 132 valence electrons. The largest absolute Gasteiger partial charge is 0.486 e. The minimum Gasteiger partial charge on any atom is -0.486 e. The first kappa shape index (κ1) is 17.6. The zero-order chi connectivity index (χ0) is 18.0. The van der Waals surface area contributed by atoms with Crippen molar-refractivity contribution in [3.05, 3.63) is 46.9 Å². The van der Waals surface area contributed by atoms with Crippen molar-refractivity contribution >= 4 is 37.6 Å². The van der Waals surface area contributed by atoms with Crippen molar-refractivity contribution in [2.24, 2.45) is 0 Å². The summed E-state index contributed by atoms with van der Waals surface area (Å²) < 4.78 is 38.3. The Morgan fingerprint density at radius 2 is 1.72 bits per heavy atom. The molecule has 0 spiro atoms. The van der Waals surface area contributed by atoms with Gasteiger partial charge in [0.25, 0.3) is 10.0 Å². The van der Waals surface area contributed by atoms with Gasteiger partial charge in [-0.2, -0.15) is 0 Å². The molecule has 2 aromatic rings. The van der Waals surface area contributed by atoms with Gasteiger partial charge < -0.3 is 14.6 Å². The highest BCUT2D eigenvalue weighted by atomic mass is 79.9. The molecule has 1 aliphatic rings. The van der Waals surface area contributed by atoms with Crippen molar-refractivity contribution in [1.29, 1.82) is 0 Å². The van der Waals surface area contributed by atoms with E-state index < -0.39 is 22.5 Å². The zero-order valence-corrected chi connectivity index (χ0v) is 15.3. The number of sulfonamides is 1. The third-order valence-electron chi connectivity index (χ3n) is 3.49. The SMILES string of the molecule is O=C(O)CN(c1ccc2c(c1)OCCO2)S(=O)(=O)c1ccc(Br)cc1. The highest BCUT2D eigenvalue weighted by molar-refractivity contribution is 9.10. The van der Waals surface area contributed by atoms with Gasteiger partial charge in [0, 0.05) is 10.5 Å². The Morgan fingerprint density at radius 1 is 1.08 bits per heavy atom. The van der Waals surface area contributed by atoms with Crippen LogP contribution in [0.1, 0.15) is 0 Å². The Labute approximate surface area is 153 Å². The average Bonchev–Trinajstić information content (AvgIpc) is 2.59. The summed E-state index contributed by atoms with van der Waals surface area (Å²) in [7, 11) is -4.06. The first-order valence-corrected chi connectivity index (χ1v) is 9.51. The lowest BCUT2D eigenvalue weighted by Crippen LogP contribution is -2.35. The van der Waals surface area contributed by atoms with Crippen LogP contribution >= 0.6 is 15.9 Å². The van der Waals surface area contributed by atoms with Gasteiger partial charge in [0.2, 0.25) is 0 Å². The Bertz CT molecular complexity index is 897. The minimum atomic E-state index is -4.06. The summed E-state index contributed by atoms with van der Waals surface area (Å²) >= 11 is 3.24. The van der Waals surface area contributed by atoms with Gasteiger partial charge in [-0.3, -0.25) is 9.10 Å². The molecular formula is C16H14BrNO6S. The molecule has 1 N–H and O–H groups in total. The van der Waals surface area contributed by atoms with Crippen LogP contribution in [0.3, 0.4) is 0 Å². The predicted molar refractivity (Wildman–Crippen MR) is 93.7 cm³/mol. The lowest BCUT2D eigenvalue weighted by molar-refractivity contribution is -0.135. The fourth-order valence-electron chi connectivity index (χ4n) is 2.36. The summed E-state index contributed by atoms with van der Waals surface area (Å²) in [5.41, 5.74) is 0.189. The smallest absolute Gasteiger partial charge is 0.324 e. The molecule has 0 fully saturated rings. The molecule has 0 radical (unpaired) electrons. The minimum absolute atomic E-state index is 0.00756. The second kappa shape index (κ2) is 6.93. The quantitative estimate of drug-likeness (QED) is 0.787. The molecule has 3 rings (SSSR count). The van der Waals surface area contributed by atoms with Crippen LogP contribution in [0.25, 0.3) is 0 Å². The number of rotatable bonds is 5. The highest BCUT2D eigenvalue weighted by Gasteiger charge is 2.28. The van der Waals surface area contributed by atoms with E-state index >= 15 is 0 Å². The summed E-state index contributed by atoms with van der Waals surface area (Å²) in [5.74, 6) is -0.396. The third kappa shape index (κ3) is 3.72. The number of aliphatic carboxylic acids is 1. The van der Waals surface area contributed by atoms with E-state index in [1.54, 1.807) is 18.2 Å². The van der Waals surface area contributed by atoms with Crippen molar-refractivity contribution in [2.45, 2.75) is 4.90 Å². The van der Waals surface area contributed by atoms with Crippen molar-refractivity contribution in [3.8, 4) is 11.5 Å². The van der Waals surface area contributed by atoms with Crippen LogP contribution < -0.4 is 13.8 Å². The molecule has 0 atom stereocenters. The van der Waals surface area contributed by atoms with E-state index in [4.69, 9.17) is 14.6 Å². The highest BCUT2D eigenvalue weighted by Crippen LogP contribution is 2.35. The molecule has 25 heavy (non-hydrogen) atoms. The van der Waals surface area contributed by atoms with Gasteiger partial charge in [-0.05, 0) is 36.4 Å². The van der Waals surface area contributed by atoms with Gasteiger partial charge in [-0.25, -0.2) is 8.42 Å². The molecule has 2 aromatic carbocycles. The zero-order valence-electron chi connectivity index (χ0n) is 12.9. The van der Waals surface area contributed by atoms with Crippen LogP contribution in [-0.4, -0.2) is 39.3 Å². The number of hydrogen-bond donors (Lipinski definition) is 1. The maximum atomic E-state index is 12.9. The molecular weight excluding hydrogens is 414 g/mol. The molecule has 7 nitrogen and oxygen atoms in total. The molecule has 0 bridgehead atoms. The van der Waals surface area contributed by atoms with E-state index in [1.807, 2.05) is 0 Å². The second-order valence-corrected chi connectivity index (χ2v) is 7.97. The number of halogens is 1. The number of carboxylic acids is 1. The summed E-state index contributed by atoms with van der Waals surface area (Å²) in [5, 5.41) is 9.17. The maximum absolute atomic E-state index is 12.9. The Hall–Kier alpha value is -2.26. The Kier molecular flexibility index (Phi) is 4.87. The van der Waals surface area contributed by atoms with E-state index in [-0.39, 0.29) is 10.6 Å². The lowest BCUT2D eigenvalue weighted by atomic mass is 10.2.